The second-order valence-electron chi connectivity index (χ2n) is 8.26. The highest BCUT2D eigenvalue weighted by atomic mass is 19.1. The first-order chi connectivity index (χ1) is 14.3. The first-order valence-electron chi connectivity index (χ1n) is 10.2. The Balaban J connectivity index is 1.39. The molecule has 2 fully saturated rings. The molecule has 30 heavy (non-hydrogen) atoms. The topological polar surface area (TPSA) is 43.8 Å². The molecule has 7 heteroatoms. The molecular formula is C23H25F3N2O2. The number of carbonyl (C=O) groups is 1. The molecule has 2 aliphatic rings. The van der Waals surface area contributed by atoms with Gasteiger partial charge in [0.15, 0.2) is 11.6 Å². The Labute approximate surface area is 173 Å². The fourth-order valence-electron chi connectivity index (χ4n) is 4.51. The van der Waals surface area contributed by atoms with Gasteiger partial charge >= 0.3 is 0 Å². The fraction of sp³-hybridized carbons (Fsp3) is 0.435. The number of piperidine rings is 1. The van der Waals surface area contributed by atoms with Crippen LogP contribution >= 0.6 is 0 Å². The number of aromatic hydroxyl groups is 1. The highest BCUT2D eigenvalue weighted by Crippen LogP contribution is 2.34. The maximum atomic E-state index is 14.9. The average Bonchev–Trinajstić information content (AvgIpc) is 3.07. The third-order valence-electron chi connectivity index (χ3n) is 6.29. The molecule has 0 aliphatic carbocycles. The first kappa shape index (κ1) is 20.7. The number of phenols is 1. The van der Waals surface area contributed by atoms with E-state index in [4.69, 9.17) is 0 Å². The van der Waals surface area contributed by atoms with Gasteiger partial charge in [-0.3, -0.25) is 9.69 Å². The van der Waals surface area contributed by atoms with Crippen LogP contribution in [0.2, 0.25) is 0 Å². The monoisotopic (exact) mass is 418 g/mol. The van der Waals surface area contributed by atoms with Crippen LogP contribution in [0.25, 0.3) is 0 Å². The number of likely N-dealkylation sites (tertiary alicyclic amines) is 2. The summed E-state index contributed by atoms with van der Waals surface area (Å²) in [6.45, 7) is 3.24. The highest BCUT2D eigenvalue weighted by molar-refractivity contribution is 5.84. The van der Waals surface area contributed by atoms with Crippen LogP contribution in [0.4, 0.5) is 13.2 Å². The predicted octanol–water partition coefficient (Wildman–Crippen LogP) is 3.91. The quantitative estimate of drug-likeness (QED) is 0.819. The van der Waals surface area contributed by atoms with E-state index in [0.717, 1.165) is 5.56 Å². The molecule has 1 amide bonds. The summed E-state index contributed by atoms with van der Waals surface area (Å²) in [6.07, 6.45) is -0.146. The Morgan fingerprint density at radius 3 is 2.57 bits per heavy atom. The summed E-state index contributed by atoms with van der Waals surface area (Å²) in [4.78, 5) is 16.5. The number of nitrogens with zero attached hydrogens (tertiary/aromatic N) is 2. The van der Waals surface area contributed by atoms with Gasteiger partial charge in [0.2, 0.25) is 5.91 Å². The van der Waals surface area contributed by atoms with E-state index in [1.807, 2.05) is 11.0 Å². The summed E-state index contributed by atoms with van der Waals surface area (Å²) in [6, 6.07) is 8.58. The van der Waals surface area contributed by atoms with Crippen LogP contribution in [0.15, 0.2) is 36.4 Å². The predicted molar refractivity (Wildman–Crippen MR) is 107 cm³/mol. The molecule has 2 aromatic carbocycles. The molecule has 0 radical (unpaired) electrons. The van der Waals surface area contributed by atoms with E-state index >= 15 is 0 Å². The van der Waals surface area contributed by atoms with Crippen molar-refractivity contribution in [2.24, 2.45) is 0 Å². The van der Waals surface area contributed by atoms with Gasteiger partial charge in [0.05, 0.1) is 6.04 Å². The molecule has 3 atom stereocenters. The number of alkyl halides is 1. The zero-order valence-electron chi connectivity index (χ0n) is 16.8. The number of phenolic OH excluding ortho intramolecular Hbond substituents is 1. The van der Waals surface area contributed by atoms with E-state index < -0.39 is 23.7 Å². The second-order valence-corrected chi connectivity index (χ2v) is 8.26. The van der Waals surface area contributed by atoms with Crippen molar-refractivity contribution in [2.45, 2.75) is 44.4 Å². The molecule has 2 saturated heterocycles. The van der Waals surface area contributed by atoms with Crippen LogP contribution in [-0.2, 0) is 11.3 Å². The number of halogens is 3. The maximum absolute atomic E-state index is 14.9. The highest BCUT2D eigenvalue weighted by Gasteiger charge is 2.40. The van der Waals surface area contributed by atoms with Crippen LogP contribution in [0, 0.1) is 18.6 Å². The summed E-state index contributed by atoms with van der Waals surface area (Å²) in [5.41, 5.74) is 1.83. The smallest absolute Gasteiger partial charge is 0.240 e. The number of amides is 1. The Bertz CT molecular complexity index is 952. The summed E-state index contributed by atoms with van der Waals surface area (Å²) in [5, 5.41) is 9.34. The standard InChI is InChI=1S/C23H25F3N2O2/c1-14-2-3-15(10-18(14)24)12-28-9-7-21(23(28)30)27-8-6-17(20(26)13-27)16-4-5-22(29)19(25)11-16/h2-5,10-11,17,20-21,29H,6-9,12-13H2,1H3/t17-,20-,21+/m0/s1. The molecule has 0 aromatic heterocycles. The number of carbonyl (C=O) groups excluding carboxylic acids is 1. The molecule has 0 saturated carbocycles. The van der Waals surface area contributed by atoms with Crippen molar-refractivity contribution in [3.63, 3.8) is 0 Å². The van der Waals surface area contributed by atoms with Gasteiger partial charge in [0.25, 0.3) is 0 Å². The minimum absolute atomic E-state index is 0.0580. The van der Waals surface area contributed by atoms with Crippen molar-refractivity contribution < 1.29 is 23.1 Å². The first-order valence-corrected chi connectivity index (χ1v) is 10.2. The van der Waals surface area contributed by atoms with Gasteiger partial charge in [-0.2, -0.15) is 0 Å². The summed E-state index contributed by atoms with van der Waals surface area (Å²) >= 11 is 0. The molecule has 2 heterocycles. The molecule has 4 nitrogen and oxygen atoms in total. The third-order valence-corrected chi connectivity index (χ3v) is 6.29. The van der Waals surface area contributed by atoms with Gasteiger partial charge in [0.1, 0.15) is 12.0 Å². The van der Waals surface area contributed by atoms with Crippen molar-refractivity contribution in [1.29, 1.82) is 0 Å². The fourth-order valence-corrected chi connectivity index (χ4v) is 4.51. The van der Waals surface area contributed by atoms with Crippen LogP contribution in [0.3, 0.4) is 0 Å². The zero-order valence-corrected chi connectivity index (χ0v) is 16.8. The Kier molecular flexibility index (Phi) is 5.73. The van der Waals surface area contributed by atoms with Gasteiger partial charge in [-0.1, -0.05) is 18.2 Å². The minimum Gasteiger partial charge on any atom is -0.505 e. The minimum atomic E-state index is -1.23. The van der Waals surface area contributed by atoms with Crippen LogP contribution < -0.4 is 0 Å². The molecule has 160 valence electrons. The number of rotatable bonds is 4. The third kappa shape index (κ3) is 4.03. The van der Waals surface area contributed by atoms with E-state index in [2.05, 4.69) is 0 Å². The summed E-state index contributed by atoms with van der Waals surface area (Å²) < 4.78 is 42.4. The van der Waals surface area contributed by atoms with Crippen molar-refractivity contribution in [2.75, 3.05) is 19.6 Å². The van der Waals surface area contributed by atoms with Crippen molar-refractivity contribution in [3.05, 3.63) is 64.7 Å². The zero-order chi connectivity index (χ0) is 21.4. The van der Waals surface area contributed by atoms with Gasteiger partial charge in [-0.15, -0.1) is 0 Å². The van der Waals surface area contributed by atoms with Gasteiger partial charge in [-0.05, 0) is 61.2 Å². The summed E-state index contributed by atoms with van der Waals surface area (Å²) in [7, 11) is 0. The number of aryl methyl sites for hydroxylation is 1. The van der Waals surface area contributed by atoms with Gasteiger partial charge in [0, 0.05) is 25.6 Å². The molecule has 0 bridgehead atoms. The van der Waals surface area contributed by atoms with Crippen molar-refractivity contribution in [1.82, 2.24) is 9.80 Å². The van der Waals surface area contributed by atoms with Gasteiger partial charge < -0.3 is 10.0 Å². The van der Waals surface area contributed by atoms with Crippen molar-refractivity contribution in [3.8, 4) is 5.75 Å². The maximum Gasteiger partial charge on any atom is 0.240 e. The molecule has 2 aromatic rings. The van der Waals surface area contributed by atoms with Crippen LogP contribution in [0.5, 0.6) is 5.75 Å². The second kappa shape index (κ2) is 8.30. The van der Waals surface area contributed by atoms with Crippen LogP contribution in [0.1, 0.15) is 35.4 Å². The lowest BCUT2D eigenvalue weighted by atomic mass is 9.87. The molecular weight excluding hydrogens is 393 g/mol. The van der Waals surface area contributed by atoms with E-state index in [9.17, 15) is 23.1 Å². The Morgan fingerprint density at radius 2 is 1.87 bits per heavy atom. The largest absolute Gasteiger partial charge is 0.505 e. The van der Waals surface area contributed by atoms with Crippen LogP contribution in [-0.4, -0.2) is 52.7 Å². The molecule has 1 N–H and O–H groups in total. The summed E-state index contributed by atoms with van der Waals surface area (Å²) in [5.74, 6) is -2.01. The van der Waals surface area contributed by atoms with Crippen molar-refractivity contribution >= 4 is 5.91 Å². The SMILES string of the molecule is Cc1ccc(CN2CC[C@@H](N3CC[C@@H](c4ccc(O)c(F)c4)[C@@H](F)C3)C2=O)cc1F. The average molecular weight is 418 g/mol. The molecule has 0 spiro atoms. The Hall–Kier alpha value is -2.54. The Morgan fingerprint density at radius 1 is 1.07 bits per heavy atom. The van der Waals surface area contributed by atoms with E-state index in [1.54, 1.807) is 24.0 Å². The van der Waals surface area contributed by atoms with Gasteiger partial charge in [-0.25, -0.2) is 13.2 Å². The van der Waals surface area contributed by atoms with E-state index in [-0.39, 0.29) is 24.3 Å². The lowest BCUT2D eigenvalue weighted by Crippen LogP contribution is -2.49. The molecule has 2 aliphatic heterocycles. The van der Waals surface area contributed by atoms with E-state index in [0.29, 0.717) is 43.6 Å². The lowest BCUT2D eigenvalue weighted by Gasteiger charge is -2.37. The number of hydrogen-bond acceptors (Lipinski definition) is 3. The van der Waals surface area contributed by atoms with E-state index in [1.165, 1.54) is 18.2 Å². The molecule has 0 unspecified atom stereocenters. The number of hydrogen-bond donors (Lipinski definition) is 1. The number of benzene rings is 2. The molecule has 4 rings (SSSR count). The normalized spacial score (nSPS) is 25.1. The lowest BCUT2D eigenvalue weighted by molar-refractivity contribution is -0.133.